The Labute approximate surface area is 237 Å². The molecule has 0 aliphatic heterocycles. The van der Waals surface area contributed by atoms with Crippen LogP contribution >= 0.6 is 0 Å². The lowest BCUT2D eigenvalue weighted by atomic mass is 9.66. The van der Waals surface area contributed by atoms with Crippen LogP contribution in [-0.4, -0.2) is 0 Å². The van der Waals surface area contributed by atoms with Gasteiger partial charge in [-0.05, 0) is 75.7 Å². The quantitative estimate of drug-likeness (QED) is 0.207. The Morgan fingerprint density at radius 2 is 1.12 bits per heavy atom. The first kappa shape index (κ1) is 25.2. The molecule has 0 nitrogen and oxygen atoms in total. The van der Waals surface area contributed by atoms with Crippen molar-refractivity contribution < 1.29 is 0 Å². The molecule has 1 aliphatic carbocycles. The summed E-state index contributed by atoms with van der Waals surface area (Å²) in [6, 6.07) is 47.1. The fourth-order valence-electron chi connectivity index (χ4n) is 5.95. The van der Waals surface area contributed by atoms with Gasteiger partial charge in [-0.3, -0.25) is 0 Å². The highest BCUT2D eigenvalue weighted by Crippen LogP contribution is 2.55. The summed E-state index contributed by atoms with van der Waals surface area (Å²) < 4.78 is 0. The van der Waals surface area contributed by atoms with Crippen molar-refractivity contribution in [3.05, 3.63) is 197 Å². The molecule has 1 aliphatic rings. The number of rotatable bonds is 5. The summed E-state index contributed by atoms with van der Waals surface area (Å²) in [7, 11) is 0. The van der Waals surface area contributed by atoms with E-state index < -0.39 is 5.41 Å². The summed E-state index contributed by atoms with van der Waals surface area (Å²) in [6.45, 7) is 6.34. The second kappa shape index (κ2) is 10.9. The van der Waals surface area contributed by atoms with Gasteiger partial charge in [0.15, 0.2) is 0 Å². The van der Waals surface area contributed by atoms with Crippen LogP contribution in [0.1, 0.15) is 40.3 Å². The van der Waals surface area contributed by atoms with Crippen LogP contribution in [0.5, 0.6) is 0 Å². The summed E-state index contributed by atoms with van der Waals surface area (Å²) in [5.41, 5.74) is 11.3. The lowest BCUT2D eigenvalue weighted by Crippen LogP contribution is -2.29. The Bertz CT molecular complexity index is 1730. The molecule has 0 N–H and O–H groups in total. The summed E-state index contributed by atoms with van der Waals surface area (Å²) >= 11 is 0. The van der Waals surface area contributed by atoms with Crippen LogP contribution in [0, 0.1) is 11.8 Å². The minimum atomic E-state index is -0.437. The maximum atomic E-state index is 4.26. The van der Waals surface area contributed by atoms with Crippen LogP contribution in [0.2, 0.25) is 0 Å². The van der Waals surface area contributed by atoms with Crippen LogP contribution in [0.3, 0.4) is 0 Å². The molecule has 0 saturated carbocycles. The zero-order valence-corrected chi connectivity index (χ0v) is 22.6. The normalized spacial score (nSPS) is 13.5. The molecule has 5 aromatic carbocycles. The van der Waals surface area contributed by atoms with E-state index in [2.05, 4.69) is 165 Å². The van der Waals surface area contributed by atoms with Crippen molar-refractivity contribution in [2.75, 3.05) is 0 Å². The third kappa shape index (κ3) is 4.33. The van der Waals surface area contributed by atoms with E-state index in [0.717, 1.165) is 16.7 Å². The fraction of sp³-hybridized carbons (Fsp3) is 0.0500. The molecular weight excluding hydrogens is 480 g/mol. The number of hydrogen-bond acceptors (Lipinski definition) is 0. The van der Waals surface area contributed by atoms with Crippen molar-refractivity contribution in [2.45, 2.75) is 12.3 Å². The molecule has 0 saturated heterocycles. The van der Waals surface area contributed by atoms with Gasteiger partial charge >= 0.3 is 0 Å². The second-order valence-corrected chi connectivity index (χ2v) is 9.97. The molecule has 0 heteroatoms. The first-order valence-electron chi connectivity index (χ1n) is 13.7. The third-order valence-corrected chi connectivity index (χ3v) is 7.70. The number of allylic oxidation sites excluding steroid dienone is 5. The molecule has 0 heterocycles. The average molecular weight is 511 g/mol. The molecule has 190 valence electrons. The van der Waals surface area contributed by atoms with Crippen molar-refractivity contribution >= 4 is 5.57 Å². The zero-order chi connectivity index (χ0) is 27.4. The molecule has 0 radical (unpaired) electrons. The molecule has 0 unspecified atom stereocenters. The smallest absolute Gasteiger partial charge is 0.0713 e. The average Bonchev–Trinajstić information content (AvgIpc) is 3.31. The van der Waals surface area contributed by atoms with E-state index in [9.17, 15) is 0 Å². The molecule has 0 bridgehead atoms. The summed E-state index contributed by atoms with van der Waals surface area (Å²) in [5, 5.41) is 0. The molecule has 5 aromatic rings. The topological polar surface area (TPSA) is 0 Å². The maximum absolute atomic E-state index is 4.26. The summed E-state index contributed by atoms with van der Waals surface area (Å²) in [5.74, 6) is 6.80. The third-order valence-electron chi connectivity index (χ3n) is 7.70. The Kier molecular flexibility index (Phi) is 6.88. The van der Waals surface area contributed by atoms with Crippen molar-refractivity contribution in [3.8, 4) is 23.0 Å². The molecule has 0 fully saturated rings. The van der Waals surface area contributed by atoms with Crippen LogP contribution < -0.4 is 0 Å². The van der Waals surface area contributed by atoms with Crippen molar-refractivity contribution in [1.82, 2.24) is 0 Å². The highest BCUT2D eigenvalue weighted by Gasteiger charge is 2.46. The van der Waals surface area contributed by atoms with Crippen molar-refractivity contribution in [1.29, 1.82) is 0 Å². The summed E-state index contributed by atoms with van der Waals surface area (Å²) in [4.78, 5) is 0. The molecule has 0 atom stereocenters. The SMILES string of the molecule is C=CC1=C(/C=C\C)C(c2ccccc2)(c2ccccc2)c2ccc(C#Cc3ccc(-c4ccccc4)cc3)cc21. The van der Waals surface area contributed by atoms with Crippen LogP contribution in [0.25, 0.3) is 16.7 Å². The van der Waals surface area contributed by atoms with E-state index >= 15 is 0 Å². The monoisotopic (exact) mass is 510 g/mol. The van der Waals surface area contributed by atoms with E-state index in [0.29, 0.717) is 0 Å². The molecule has 0 aromatic heterocycles. The second-order valence-electron chi connectivity index (χ2n) is 9.97. The fourth-order valence-corrected chi connectivity index (χ4v) is 5.95. The minimum Gasteiger partial charge on any atom is -0.0984 e. The van der Waals surface area contributed by atoms with E-state index in [-0.39, 0.29) is 0 Å². The highest BCUT2D eigenvalue weighted by molar-refractivity contribution is 5.92. The minimum absolute atomic E-state index is 0.437. The van der Waals surface area contributed by atoms with Crippen LogP contribution in [0.15, 0.2) is 164 Å². The number of fused-ring (bicyclic) bond motifs is 1. The van der Waals surface area contributed by atoms with Gasteiger partial charge in [0.1, 0.15) is 0 Å². The van der Waals surface area contributed by atoms with Crippen LogP contribution in [0.4, 0.5) is 0 Å². The Hall–Kier alpha value is -5.12. The standard InChI is InChI=1S/C40H30/c1-3-14-38-36(4-2)37-29-31(22-21-30-23-26-33(27-24-30)32-15-8-5-9-16-32)25-28-39(37)40(38,34-17-10-6-11-18-34)35-19-12-7-13-20-35/h3-20,23-29H,2H2,1H3/b14-3-. The van der Waals surface area contributed by atoms with E-state index in [1.807, 2.05) is 12.1 Å². The van der Waals surface area contributed by atoms with E-state index in [1.165, 1.54) is 39.0 Å². The Morgan fingerprint density at radius 3 is 1.70 bits per heavy atom. The van der Waals surface area contributed by atoms with Gasteiger partial charge in [0.25, 0.3) is 0 Å². The lowest BCUT2D eigenvalue weighted by Gasteiger charge is -2.34. The van der Waals surface area contributed by atoms with Crippen molar-refractivity contribution in [2.24, 2.45) is 0 Å². The van der Waals surface area contributed by atoms with Crippen LogP contribution in [-0.2, 0) is 5.41 Å². The van der Waals surface area contributed by atoms with Gasteiger partial charge in [-0.15, -0.1) is 0 Å². The van der Waals surface area contributed by atoms with Gasteiger partial charge in [0.2, 0.25) is 0 Å². The van der Waals surface area contributed by atoms with Gasteiger partial charge in [-0.25, -0.2) is 0 Å². The predicted molar refractivity (Wildman–Crippen MR) is 169 cm³/mol. The number of hydrogen-bond donors (Lipinski definition) is 0. The molecular formula is C40H30. The molecule has 0 spiro atoms. The summed E-state index contributed by atoms with van der Waals surface area (Å²) in [6.07, 6.45) is 6.38. The van der Waals surface area contributed by atoms with Gasteiger partial charge in [-0.1, -0.05) is 146 Å². The van der Waals surface area contributed by atoms with Gasteiger partial charge in [-0.2, -0.15) is 0 Å². The van der Waals surface area contributed by atoms with E-state index in [4.69, 9.17) is 0 Å². The maximum Gasteiger partial charge on any atom is 0.0713 e. The Balaban J connectivity index is 1.47. The molecule has 6 rings (SSSR count). The largest absolute Gasteiger partial charge is 0.0984 e. The van der Waals surface area contributed by atoms with E-state index in [1.54, 1.807) is 0 Å². The first-order valence-corrected chi connectivity index (χ1v) is 13.7. The molecule has 0 amide bonds. The van der Waals surface area contributed by atoms with Crippen molar-refractivity contribution in [3.63, 3.8) is 0 Å². The van der Waals surface area contributed by atoms with Gasteiger partial charge in [0, 0.05) is 11.1 Å². The van der Waals surface area contributed by atoms with Gasteiger partial charge in [0.05, 0.1) is 5.41 Å². The zero-order valence-electron chi connectivity index (χ0n) is 22.6. The Morgan fingerprint density at radius 1 is 0.600 bits per heavy atom. The lowest BCUT2D eigenvalue weighted by molar-refractivity contribution is 0.761. The highest BCUT2D eigenvalue weighted by atomic mass is 14.5. The first-order chi connectivity index (χ1) is 19.8. The number of benzene rings is 5. The molecule has 40 heavy (non-hydrogen) atoms. The van der Waals surface area contributed by atoms with Gasteiger partial charge < -0.3 is 0 Å². The predicted octanol–water partition coefficient (Wildman–Crippen LogP) is 9.62.